The van der Waals surface area contributed by atoms with Gasteiger partial charge in [0.15, 0.2) is 0 Å². The van der Waals surface area contributed by atoms with Gasteiger partial charge in [-0.3, -0.25) is 0 Å². The number of carboxylic acid groups (broad SMARTS) is 1. The molecule has 0 amide bonds. The van der Waals surface area contributed by atoms with Gasteiger partial charge in [0, 0.05) is 12.3 Å². The highest BCUT2D eigenvalue weighted by Gasteiger charge is 2.60. The summed E-state index contributed by atoms with van der Waals surface area (Å²) in [4.78, 5) is 11.8. The van der Waals surface area contributed by atoms with Gasteiger partial charge in [0.2, 0.25) is 0 Å². The summed E-state index contributed by atoms with van der Waals surface area (Å²) in [5, 5.41) is 9.64. The van der Waals surface area contributed by atoms with Gasteiger partial charge in [-0.25, -0.2) is 4.79 Å². The van der Waals surface area contributed by atoms with E-state index in [1.807, 2.05) is 0 Å². The van der Waals surface area contributed by atoms with E-state index in [-0.39, 0.29) is 11.5 Å². The highest BCUT2D eigenvalue weighted by Crippen LogP contribution is 2.68. The molecule has 3 heteroatoms. The third-order valence-electron chi connectivity index (χ3n) is 12.9. The van der Waals surface area contributed by atoms with E-state index < -0.39 is 6.16 Å². The van der Waals surface area contributed by atoms with E-state index in [0.717, 1.165) is 54.8 Å². The molecule has 0 aromatic rings. The first kappa shape index (κ1) is 31.0. The van der Waals surface area contributed by atoms with E-state index in [4.69, 9.17) is 4.74 Å². The largest absolute Gasteiger partial charge is 0.506 e. The van der Waals surface area contributed by atoms with Gasteiger partial charge < -0.3 is 9.84 Å². The maximum Gasteiger partial charge on any atom is 0.506 e. The van der Waals surface area contributed by atoms with E-state index in [9.17, 15) is 9.90 Å². The van der Waals surface area contributed by atoms with Crippen LogP contribution in [0.3, 0.4) is 0 Å². The van der Waals surface area contributed by atoms with Crippen LogP contribution in [-0.4, -0.2) is 17.4 Å². The monoisotopic (exact) mass is 542 g/mol. The average molecular weight is 543 g/mol. The van der Waals surface area contributed by atoms with Crippen LogP contribution >= 0.6 is 0 Å². The van der Waals surface area contributed by atoms with Crippen molar-refractivity contribution in [2.45, 2.75) is 151 Å². The predicted molar refractivity (Wildman–Crippen MR) is 163 cm³/mol. The SMILES string of the molecule is CCCCCC(CC)C1C[C@@]2(C)C(=CC[C@H]3[C@@H]4CC[C@H]([C@H](C)CCCC(C)C)[C@@]4(C)CC[C@@H]32)CC1OC(=O)O. The fourth-order valence-electron chi connectivity index (χ4n) is 10.9. The Bertz CT molecular complexity index is 846. The molecule has 0 heterocycles. The molecule has 0 aliphatic heterocycles. The van der Waals surface area contributed by atoms with Crippen molar-refractivity contribution in [2.75, 3.05) is 0 Å². The minimum atomic E-state index is -1.08. The first-order valence-corrected chi connectivity index (χ1v) is 17.1. The van der Waals surface area contributed by atoms with Crippen LogP contribution in [-0.2, 0) is 4.74 Å². The third kappa shape index (κ3) is 6.28. The number of unbranched alkanes of at least 4 members (excludes halogenated alkanes) is 2. The molecule has 3 unspecified atom stereocenters. The molecule has 3 nitrogen and oxygen atoms in total. The second kappa shape index (κ2) is 12.9. The number of rotatable bonds is 12. The molecule has 10 atom stereocenters. The van der Waals surface area contributed by atoms with Crippen LogP contribution in [0.4, 0.5) is 4.79 Å². The number of ether oxygens (including phenoxy) is 1. The van der Waals surface area contributed by atoms with Crippen molar-refractivity contribution in [3.8, 4) is 0 Å². The normalized spacial score (nSPS) is 39.3. The lowest BCUT2D eigenvalue weighted by atomic mass is 9.45. The first-order chi connectivity index (χ1) is 18.5. The Balaban J connectivity index is 1.54. The zero-order valence-electron chi connectivity index (χ0n) is 26.6. The van der Waals surface area contributed by atoms with Gasteiger partial charge >= 0.3 is 6.16 Å². The Morgan fingerprint density at radius 2 is 1.79 bits per heavy atom. The molecule has 0 saturated heterocycles. The van der Waals surface area contributed by atoms with Crippen LogP contribution in [0.5, 0.6) is 0 Å². The number of fused-ring (bicyclic) bond motifs is 5. The molecule has 0 aromatic carbocycles. The molecular formula is C36H62O3. The van der Waals surface area contributed by atoms with Crippen molar-refractivity contribution < 1.29 is 14.6 Å². The minimum Gasteiger partial charge on any atom is -0.450 e. The van der Waals surface area contributed by atoms with Crippen LogP contribution in [0.25, 0.3) is 0 Å². The molecular weight excluding hydrogens is 480 g/mol. The third-order valence-corrected chi connectivity index (χ3v) is 12.9. The zero-order chi connectivity index (χ0) is 28.4. The molecule has 224 valence electrons. The highest BCUT2D eigenvalue weighted by molar-refractivity contribution is 5.57. The highest BCUT2D eigenvalue weighted by atomic mass is 16.7. The van der Waals surface area contributed by atoms with Gasteiger partial charge in [-0.05, 0) is 90.8 Å². The van der Waals surface area contributed by atoms with Crippen LogP contribution in [0.1, 0.15) is 145 Å². The van der Waals surface area contributed by atoms with Crippen LogP contribution in [0.2, 0.25) is 0 Å². The Morgan fingerprint density at radius 1 is 1.03 bits per heavy atom. The van der Waals surface area contributed by atoms with Crippen molar-refractivity contribution in [3.63, 3.8) is 0 Å². The smallest absolute Gasteiger partial charge is 0.450 e. The molecule has 4 rings (SSSR count). The van der Waals surface area contributed by atoms with E-state index in [2.05, 4.69) is 54.5 Å². The van der Waals surface area contributed by atoms with Gasteiger partial charge in [-0.15, -0.1) is 0 Å². The quantitative estimate of drug-likeness (QED) is 0.151. The summed E-state index contributed by atoms with van der Waals surface area (Å²) in [5.41, 5.74) is 2.26. The lowest BCUT2D eigenvalue weighted by molar-refractivity contribution is -0.0832. The fourth-order valence-corrected chi connectivity index (χ4v) is 10.9. The number of carbonyl (C=O) groups is 1. The Labute approximate surface area is 241 Å². The maximum absolute atomic E-state index is 11.8. The van der Waals surface area contributed by atoms with Crippen molar-refractivity contribution in [3.05, 3.63) is 11.6 Å². The minimum absolute atomic E-state index is 0.165. The van der Waals surface area contributed by atoms with E-state index in [1.54, 1.807) is 0 Å². The van der Waals surface area contributed by atoms with Gasteiger partial charge in [-0.2, -0.15) is 0 Å². The molecule has 3 fully saturated rings. The van der Waals surface area contributed by atoms with E-state index >= 15 is 0 Å². The second-order valence-corrected chi connectivity index (χ2v) is 15.4. The van der Waals surface area contributed by atoms with Crippen LogP contribution in [0.15, 0.2) is 11.6 Å². The topological polar surface area (TPSA) is 46.5 Å². The number of hydrogen-bond acceptors (Lipinski definition) is 2. The molecule has 0 aromatic heterocycles. The lowest BCUT2D eigenvalue weighted by Crippen LogP contribution is -2.53. The fraction of sp³-hybridized carbons (Fsp3) is 0.917. The van der Waals surface area contributed by atoms with Crippen molar-refractivity contribution in [1.29, 1.82) is 0 Å². The number of hydrogen-bond donors (Lipinski definition) is 1. The van der Waals surface area contributed by atoms with Crippen LogP contribution in [0, 0.1) is 58.2 Å². The predicted octanol–water partition coefficient (Wildman–Crippen LogP) is 10.9. The molecule has 39 heavy (non-hydrogen) atoms. The summed E-state index contributed by atoms with van der Waals surface area (Å²) in [6.45, 7) is 17.2. The van der Waals surface area contributed by atoms with Crippen molar-refractivity contribution in [1.82, 2.24) is 0 Å². The molecule has 4 aliphatic carbocycles. The maximum atomic E-state index is 11.8. The van der Waals surface area contributed by atoms with Gasteiger partial charge in [0.05, 0.1) is 0 Å². The van der Waals surface area contributed by atoms with Crippen LogP contribution < -0.4 is 0 Å². The Hall–Kier alpha value is -0.990. The molecule has 0 spiro atoms. The lowest BCUT2D eigenvalue weighted by Gasteiger charge is -2.60. The van der Waals surface area contributed by atoms with E-state index in [0.29, 0.717) is 17.3 Å². The summed E-state index contributed by atoms with van der Waals surface area (Å²) in [6, 6.07) is 0. The summed E-state index contributed by atoms with van der Waals surface area (Å²) in [7, 11) is 0. The van der Waals surface area contributed by atoms with Gasteiger partial charge in [0.25, 0.3) is 0 Å². The Morgan fingerprint density at radius 3 is 2.46 bits per heavy atom. The Kier molecular flexibility index (Phi) is 10.2. The average Bonchev–Trinajstić information content (AvgIpc) is 3.23. The summed E-state index contributed by atoms with van der Waals surface area (Å²) >= 11 is 0. The van der Waals surface area contributed by atoms with Gasteiger partial charge in [-0.1, -0.05) is 111 Å². The second-order valence-electron chi connectivity index (χ2n) is 15.4. The molecule has 1 N–H and O–H groups in total. The molecule has 3 saturated carbocycles. The molecule has 0 radical (unpaired) electrons. The standard InChI is InChI=1S/C36H62O3/c1-8-10-11-15-26(9-2)29-23-36(7)27(22-33(29)39-34(37)38)16-17-28-31-19-18-30(25(5)14-12-13-24(3)4)35(31,6)21-20-32(28)36/h16,24-26,28-33H,8-15,17-23H2,1-7H3,(H,37,38)/t25-,26?,28+,29?,30-,31+,32+,33?,35-,36+/m1/s1. The summed E-state index contributed by atoms with van der Waals surface area (Å²) in [6.07, 6.45) is 20.4. The molecule has 0 bridgehead atoms. The van der Waals surface area contributed by atoms with Crippen molar-refractivity contribution >= 4 is 6.16 Å². The zero-order valence-corrected chi connectivity index (χ0v) is 26.6. The summed E-state index contributed by atoms with van der Waals surface area (Å²) < 4.78 is 5.67. The first-order valence-electron chi connectivity index (χ1n) is 17.1. The molecule has 4 aliphatic rings. The summed E-state index contributed by atoms with van der Waals surface area (Å²) in [5.74, 6) is 5.91. The van der Waals surface area contributed by atoms with Gasteiger partial charge in [0.1, 0.15) is 6.10 Å². The number of allylic oxidation sites excluding steroid dienone is 1. The van der Waals surface area contributed by atoms with Crippen molar-refractivity contribution in [2.24, 2.45) is 58.2 Å². The van der Waals surface area contributed by atoms with E-state index in [1.165, 1.54) is 82.6 Å².